The van der Waals surface area contributed by atoms with Crippen molar-refractivity contribution in [2.45, 2.75) is 72.8 Å². The van der Waals surface area contributed by atoms with Crippen LogP contribution in [0.1, 0.15) is 84.1 Å². The van der Waals surface area contributed by atoms with Gasteiger partial charge in [0, 0.05) is 17.7 Å². The number of fused-ring (bicyclic) bond motifs is 1. The number of methoxy groups -OCH3 is 1. The van der Waals surface area contributed by atoms with E-state index in [0.717, 1.165) is 24.1 Å². The second kappa shape index (κ2) is 9.81. The first-order valence-corrected chi connectivity index (χ1v) is 11.6. The topological polar surface area (TPSA) is 100 Å². The van der Waals surface area contributed by atoms with Crippen molar-refractivity contribution in [1.29, 1.82) is 0 Å². The van der Waals surface area contributed by atoms with Crippen LogP contribution in [0.2, 0.25) is 0 Å². The van der Waals surface area contributed by atoms with Gasteiger partial charge in [-0.05, 0) is 49.3 Å². The van der Waals surface area contributed by atoms with Gasteiger partial charge in [0.05, 0.1) is 12.8 Å². The molecule has 1 heterocycles. The fourth-order valence-electron chi connectivity index (χ4n) is 4.61. The second-order valence-electron chi connectivity index (χ2n) is 9.73. The quantitative estimate of drug-likeness (QED) is 0.538. The van der Waals surface area contributed by atoms with Crippen LogP contribution in [0.5, 0.6) is 5.75 Å². The number of benzene rings is 1. The van der Waals surface area contributed by atoms with Gasteiger partial charge >= 0.3 is 0 Å². The van der Waals surface area contributed by atoms with Crippen molar-refractivity contribution in [2.24, 2.45) is 5.41 Å². The van der Waals surface area contributed by atoms with E-state index in [0.29, 0.717) is 47.5 Å². The average Bonchev–Trinajstić information content (AvgIpc) is 3.06. The molecule has 0 aliphatic heterocycles. The molecule has 1 aromatic carbocycles. The summed E-state index contributed by atoms with van der Waals surface area (Å²) in [7, 11) is 1.56. The molecular weight excluding hydrogens is 418 g/mol. The second-order valence-corrected chi connectivity index (χ2v) is 9.73. The summed E-state index contributed by atoms with van der Waals surface area (Å²) in [6.45, 7) is 9.84. The van der Waals surface area contributed by atoms with Gasteiger partial charge in [0.1, 0.15) is 17.5 Å². The number of hydrogen-bond donors (Lipinski definition) is 3. The molecule has 0 saturated heterocycles. The van der Waals surface area contributed by atoms with Gasteiger partial charge in [-0.25, -0.2) is 0 Å². The molecule has 3 N–H and O–H groups in total. The van der Waals surface area contributed by atoms with Crippen molar-refractivity contribution >= 4 is 23.3 Å². The van der Waals surface area contributed by atoms with Gasteiger partial charge in [-0.3, -0.25) is 14.4 Å². The summed E-state index contributed by atoms with van der Waals surface area (Å²) >= 11 is 0. The van der Waals surface area contributed by atoms with Crippen LogP contribution in [-0.2, 0) is 11.2 Å². The lowest BCUT2D eigenvalue weighted by molar-refractivity contribution is -0.118. The molecule has 7 heteroatoms. The minimum Gasteiger partial charge on any atom is -0.494 e. The molecule has 0 saturated carbocycles. The third-order valence-electron chi connectivity index (χ3n) is 6.27. The Balaban J connectivity index is 1.83. The highest BCUT2D eigenvalue weighted by Crippen LogP contribution is 2.36. The minimum atomic E-state index is -0.713. The van der Waals surface area contributed by atoms with Crippen LogP contribution < -0.4 is 15.4 Å². The van der Waals surface area contributed by atoms with Crippen LogP contribution in [0.25, 0.3) is 0 Å². The molecule has 1 atom stereocenters. The van der Waals surface area contributed by atoms with E-state index < -0.39 is 6.04 Å². The molecular formula is C26H35N3O4. The number of carbonyl (C=O) groups is 3. The van der Waals surface area contributed by atoms with E-state index >= 15 is 0 Å². The molecule has 0 radical (unpaired) electrons. The maximum absolute atomic E-state index is 13.2. The highest BCUT2D eigenvalue weighted by atomic mass is 16.5. The zero-order valence-corrected chi connectivity index (χ0v) is 20.5. The predicted molar refractivity (Wildman–Crippen MR) is 129 cm³/mol. The molecule has 7 nitrogen and oxygen atoms in total. The Bertz CT molecular complexity index is 1070. The van der Waals surface area contributed by atoms with E-state index in [1.807, 2.05) is 26.0 Å². The highest BCUT2D eigenvalue weighted by molar-refractivity contribution is 6.06. The van der Waals surface area contributed by atoms with Crippen molar-refractivity contribution in [3.8, 4) is 5.75 Å². The number of aryl methyl sites for hydroxylation is 1. The molecule has 2 amide bonds. The number of ketones is 1. The summed E-state index contributed by atoms with van der Waals surface area (Å²) in [6, 6.07) is 4.81. The van der Waals surface area contributed by atoms with Gasteiger partial charge in [-0.15, -0.1) is 0 Å². The number of nitrogens with one attached hydrogen (secondary N) is 3. The number of para-hydroxylation sites is 1. The molecule has 1 aliphatic rings. The SMILES string of the molecule is CCCCC(NC(=O)c1[nH]c2c(c1C)C(=O)CC(C)(C)C2)C(=O)Nc1cccc(C)c1OC. The van der Waals surface area contributed by atoms with Crippen molar-refractivity contribution in [3.05, 3.63) is 46.3 Å². The lowest BCUT2D eigenvalue weighted by Crippen LogP contribution is -2.44. The van der Waals surface area contributed by atoms with Gasteiger partial charge in [0.2, 0.25) is 5.91 Å². The molecule has 3 rings (SSSR count). The number of unbranched alkanes of at least 4 members (excludes halogenated alkanes) is 1. The zero-order valence-electron chi connectivity index (χ0n) is 20.5. The molecule has 0 spiro atoms. The van der Waals surface area contributed by atoms with Crippen LogP contribution in [-0.4, -0.2) is 35.7 Å². The number of ether oxygens (including phenoxy) is 1. The number of aromatic amines is 1. The minimum absolute atomic E-state index is 0.0564. The Kier molecular flexibility index (Phi) is 7.30. The molecule has 1 aliphatic carbocycles. The number of Topliss-reactive ketones (excluding diaryl/α,β-unsaturated/α-hetero) is 1. The van der Waals surface area contributed by atoms with Gasteiger partial charge in [0.25, 0.3) is 5.91 Å². The van der Waals surface area contributed by atoms with Crippen LogP contribution in [0.15, 0.2) is 18.2 Å². The number of carbonyl (C=O) groups excluding carboxylic acids is 3. The lowest BCUT2D eigenvalue weighted by Gasteiger charge is -2.28. The summed E-state index contributed by atoms with van der Waals surface area (Å²) in [5.74, 6) is -0.0202. The maximum Gasteiger partial charge on any atom is 0.268 e. The first kappa shape index (κ1) is 24.6. The predicted octanol–water partition coefficient (Wildman–Crippen LogP) is 4.72. The van der Waals surface area contributed by atoms with Crippen molar-refractivity contribution < 1.29 is 19.1 Å². The van der Waals surface area contributed by atoms with E-state index in [4.69, 9.17) is 4.74 Å². The fourth-order valence-corrected chi connectivity index (χ4v) is 4.61. The van der Waals surface area contributed by atoms with E-state index in [-0.39, 0.29) is 23.0 Å². The summed E-state index contributed by atoms with van der Waals surface area (Å²) in [5, 5.41) is 5.80. The monoisotopic (exact) mass is 453 g/mol. The normalized spacial score (nSPS) is 15.5. The first-order chi connectivity index (χ1) is 15.6. The molecule has 0 fully saturated rings. The molecule has 1 aromatic heterocycles. The van der Waals surface area contributed by atoms with Gasteiger partial charge in [-0.2, -0.15) is 0 Å². The summed E-state index contributed by atoms with van der Waals surface area (Å²) < 4.78 is 5.44. The van der Waals surface area contributed by atoms with E-state index in [1.165, 1.54) is 0 Å². The first-order valence-electron chi connectivity index (χ1n) is 11.6. The fraction of sp³-hybridized carbons (Fsp3) is 0.500. The number of hydrogen-bond acceptors (Lipinski definition) is 4. The maximum atomic E-state index is 13.2. The number of rotatable bonds is 8. The molecule has 1 unspecified atom stereocenters. The Labute approximate surface area is 195 Å². The molecule has 178 valence electrons. The van der Waals surface area contributed by atoms with Crippen LogP contribution in [0.3, 0.4) is 0 Å². The molecule has 33 heavy (non-hydrogen) atoms. The van der Waals surface area contributed by atoms with Crippen LogP contribution in [0.4, 0.5) is 5.69 Å². The lowest BCUT2D eigenvalue weighted by atomic mass is 9.75. The molecule has 2 aromatic rings. The van der Waals surface area contributed by atoms with Gasteiger partial charge in [-0.1, -0.05) is 45.7 Å². The third kappa shape index (κ3) is 5.29. The highest BCUT2D eigenvalue weighted by Gasteiger charge is 2.35. The number of anilines is 1. The summed E-state index contributed by atoms with van der Waals surface area (Å²) in [6.07, 6.45) is 3.35. The summed E-state index contributed by atoms with van der Waals surface area (Å²) in [4.78, 5) is 42.2. The Hall–Kier alpha value is -3.09. The average molecular weight is 454 g/mol. The van der Waals surface area contributed by atoms with Crippen molar-refractivity contribution in [1.82, 2.24) is 10.3 Å². The van der Waals surface area contributed by atoms with Crippen LogP contribution in [0, 0.1) is 19.3 Å². The number of H-pyrrole nitrogens is 1. The van der Waals surface area contributed by atoms with Crippen molar-refractivity contribution in [2.75, 3.05) is 12.4 Å². The number of aromatic nitrogens is 1. The third-order valence-corrected chi connectivity index (χ3v) is 6.27. The smallest absolute Gasteiger partial charge is 0.268 e. The van der Waals surface area contributed by atoms with Gasteiger partial charge < -0.3 is 20.4 Å². The van der Waals surface area contributed by atoms with E-state index in [1.54, 1.807) is 20.1 Å². The number of amides is 2. The summed E-state index contributed by atoms with van der Waals surface area (Å²) in [5.41, 5.74) is 3.76. The Morgan fingerprint density at radius 1 is 1.21 bits per heavy atom. The standard InChI is InChI=1S/C26H35N3O4/c1-7-8-11-18(24(31)28-17-12-9-10-15(2)23(17)33-6)29-25(32)22-16(3)21-19(27-22)13-26(4,5)14-20(21)30/h9-10,12,18,27H,7-8,11,13-14H2,1-6H3,(H,28,31)(H,29,32). The van der Waals surface area contributed by atoms with Gasteiger partial charge in [0.15, 0.2) is 5.78 Å². The van der Waals surface area contributed by atoms with Crippen LogP contribution >= 0.6 is 0 Å². The van der Waals surface area contributed by atoms with E-state index in [9.17, 15) is 14.4 Å². The van der Waals surface area contributed by atoms with Crippen molar-refractivity contribution in [3.63, 3.8) is 0 Å². The Morgan fingerprint density at radius 3 is 2.61 bits per heavy atom. The van der Waals surface area contributed by atoms with E-state index in [2.05, 4.69) is 29.5 Å². The zero-order chi connectivity index (χ0) is 24.3. The largest absolute Gasteiger partial charge is 0.494 e. The molecule has 0 bridgehead atoms. The Morgan fingerprint density at radius 2 is 1.94 bits per heavy atom.